The van der Waals surface area contributed by atoms with Crippen molar-refractivity contribution in [1.29, 1.82) is 0 Å². The Balaban J connectivity index is 2.17. The summed E-state index contributed by atoms with van der Waals surface area (Å²) < 4.78 is 0. The highest BCUT2D eigenvalue weighted by molar-refractivity contribution is 5.25. The van der Waals surface area contributed by atoms with Crippen molar-refractivity contribution in [3.05, 3.63) is 23.3 Å². The van der Waals surface area contributed by atoms with E-state index in [2.05, 4.69) is 26.0 Å². The summed E-state index contributed by atoms with van der Waals surface area (Å²) in [5.74, 6) is 1.66. The first kappa shape index (κ1) is 9.05. The molecule has 0 fully saturated rings. The fraction of sp³-hybridized carbons (Fsp3) is 0.692. The summed E-state index contributed by atoms with van der Waals surface area (Å²) in [4.78, 5) is 0. The van der Waals surface area contributed by atoms with Crippen molar-refractivity contribution >= 4 is 0 Å². The lowest BCUT2D eigenvalue weighted by Gasteiger charge is -2.29. The monoisotopic (exact) mass is 176 g/mol. The molecule has 0 aliphatic heterocycles. The van der Waals surface area contributed by atoms with E-state index >= 15 is 0 Å². The van der Waals surface area contributed by atoms with Gasteiger partial charge in [0, 0.05) is 0 Å². The van der Waals surface area contributed by atoms with Crippen LogP contribution >= 0.6 is 0 Å². The van der Waals surface area contributed by atoms with Crippen LogP contribution in [-0.4, -0.2) is 0 Å². The molecule has 0 aromatic rings. The maximum absolute atomic E-state index is 2.54. The van der Waals surface area contributed by atoms with Gasteiger partial charge in [0.05, 0.1) is 0 Å². The number of allylic oxidation sites excluding steroid dienone is 4. The second-order valence-corrected chi connectivity index (χ2v) is 4.58. The van der Waals surface area contributed by atoms with E-state index in [9.17, 15) is 0 Å². The van der Waals surface area contributed by atoms with E-state index in [1.807, 2.05) is 0 Å². The molecule has 0 radical (unpaired) electrons. The molecule has 0 nitrogen and oxygen atoms in total. The van der Waals surface area contributed by atoms with E-state index < -0.39 is 0 Å². The Bertz CT molecular complexity index is 245. The molecule has 2 unspecified atom stereocenters. The minimum atomic E-state index is 0.819. The van der Waals surface area contributed by atoms with Crippen LogP contribution in [0.3, 0.4) is 0 Å². The van der Waals surface area contributed by atoms with Crippen LogP contribution in [0.25, 0.3) is 0 Å². The van der Waals surface area contributed by atoms with Crippen molar-refractivity contribution in [1.82, 2.24) is 0 Å². The van der Waals surface area contributed by atoms with Gasteiger partial charge in [-0.2, -0.15) is 0 Å². The summed E-state index contributed by atoms with van der Waals surface area (Å²) in [6.45, 7) is 4.63. The minimum Gasteiger partial charge on any atom is -0.0819 e. The maximum atomic E-state index is 2.54. The van der Waals surface area contributed by atoms with Crippen LogP contribution in [0.2, 0.25) is 0 Å². The molecule has 0 amide bonds. The van der Waals surface area contributed by atoms with Gasteiger partial charge in [-0.15, -0.1) is 0 Å². The van der Waals surface area contributed by atoms with Crippen molar-refractivity contribution in [2.75, 3.05) is 0 Å². The van der Waals surface area contributed by atoms with Crippen molar-refractivity contribution in [2.45, 2.75) is 46.0 Å². The third-order valence-electron chi connectivity index (χ3n) is 3.53. The Kier molecular flexibility index (Phi) is 2.57. The molecular weight excluding hydrogens is 156 g/mol. The van der Waals surface area contributed by atoms with Gasteiger partial charge in [-0.05, 0) is 43.9 Å². The van der Waals surface area contributed by atoms with E-state index in [1.54, 1.807) is 11.1 Å². The first-order valence-corrected chi connectivity index (χ1v) is 5.69. The lowest BCUT2D eigenvalue weighted by Crippen LogP contribution is -2.15. The summed E-state index contributed by atoms with van der Waals surface area (Å²) >= 11 is 0. The fourth-order valence-electron chi connectivity index (χ4n) is 2.63. The SMILES string of the molecule is CCC1=CC2CCC(C)C=C2CC1. The number of hydrogen-bond donors (Lipinski definition) is 0. The van der Waals surface area contributed by atoms with Gasteiger partial charge in [-0.1, -0.05) is 37.1 Å². The van der Waals surface area contributed by atoms with E-state index in [0.717, 1.165) is 11.8 Å². The van der Waals surface area contributed by atoms with E-state index in [1.165, 1.54) is 32.1 Å². The second kappa shape index (κ2) is 3.69. The highest BCUT2D eigenvalue weighted by atomic mass is 14.3. The third kappa shape index (κ3) is 1.87. The highest BCUT2D eigenvalue weighted by Crippen LogP contribution is 2.37. The molecule has 0 bridgehead atoms. The van der Waals surface area contributed by atoms with Crippen LogP contribution in [-0.2, 0) is 0 Å². The van der Waals surface area contributed by atoms with E-state index in [-0.39, 0.29) is 0 Å². The maximum Gasteiger partial charge on any atom is -0.00202 e. The van der Waals surface area contributed by atoms with Crippen LogP contribution < -0.4 is 0 Å². The molecule has 2 aliphatic rings. The molecule has 0 N–H and O–H groups in total. The quantitative estimate of drug-likeness (QED) is 0.528. The van der Waals surface area contributed by atoms with Crippen molar-refractivity contribution in [2.24, 2.45) is 11.8 Å². The van der Waals surface area contributed by atoms with Crippen LogP contribution in [0, 0.1) is 11.8 Å². The molecule has 0 aromatic carbocycles. The topological polar surface area (TPSA) is 0 Å². The predicted octanol–water partition coefficient (Wildman–Crippen LogP) is 4.09. The van der Waals surface area contributed by atoms with Crippen LogP contribution in [0.5, 0.6) is 0 Å². The largest absolute Gasteiger partial charge is 0.0819 e. The minimum absolute atomic E-state index is 0.819. The average Bonchev–Trinajstić information content (AvgIpc) is 2.17. The van der Waals surface area contributed by atoms with Gasteiger partial charge in [-0.25, -0.2) is 0 Å². The van der Waals surface area contributed by atoms with Crippen molar-refractivity contribution < 1.29 is 0 Å². The van der Waals surface area contributed by atoms with Crippen LogP contribution in [0.1, 0.15) is 46.0 Å². The van der Waals surface area contributed by atoms with Crippen LogP contribution in [0.4, 0.5) is 0 Å². The zero-order chi connectivity index (χ0) is 9.26. The molecule has 2 atom stereocenters. The Morgan fingerprint density at radius 1 is 1.23 bits per heavy atom. The number of fused-ring (bicyclic) bond motifs is 1. The summed E-state index contributed by atoms with van der Waals surface area (Å²) in [7, 11) is 0. The Morgan fingerprint density at radius 3 is 2.85 bits per heavy atom. The van der Waals surface area contributed by atoms with Gasteiger partial charge in [0.1, 0.15) is 0 Å². The Labute approximate surface area is 81.7 Å². The van der Waals surface area contributed by atoms with E-state index in [4.69, 9.17) is 0 Å². The smallest absolute Gasteiger partial charge is 0.00202 e. The number of rotatable bonds is 1. The molecular formula is C13H20. The molecule has 0 aromatic heterocycles. The standard InChI is InChI=1S/C13H20/c1-3-11-5-7-12-8-10(2)4-6-13(12)9-11/h8-10,13H,3-7H2,1-2H3. The van der Waals surface area contributed by atoms with Crippen molar-refractivity contribution in [3.63, 3.8) is 0 Å². The molecule has 2 aliphatic carbocycles. The third-order valence-corrected chi connectivity index (χ3v) is 3.53. The molecule has 2 rings (SSSR count). The zero-order valence-corrected chi connectivity index (χ0v) is 8.84. The van der Waals surface area contributed by atoms with Gasteiger partial charge < -0.3 is 0 Å². The molecule has 0 heterocycles. The molecule has 72 valence electrons. The average molecular weight is 176 g/mol. The van der Waals surface area contributed by atoms with Gasteiger partial charge in [0.2, 0.25) is 0 Å². The molecule has 0 saturated heterocycles. The normalized spacial score (nSPS) is 33.4. The zero-order valence-electron chi connectivity index (χ0n) is 8.84. The summed E-state index contributed by atoms with van der Waals surface area (Å²) in [5.41, 5.74) is 3.42. The van der Waals surface area contributed by atoms with Crippen LogP contribution in [0.15, 0.2) is 23.3 Å². The number of hydrogen-bond acceptors (Lipinski definition) is 0. The van der Waals surface area contributed by atoms with Gasteiger partial charge >= 0.3 is 0 Å². The summed E-state index contributed by atoms with van der Waals surface area (Å²) in [5, 5.41) is 0. The Morgan fingerprint density at radius 2 is 2.08 bits per heavy atom. The van der Waals surface area contributed by atoms with Gasteiger partial charge in [0.15, 0.2) is 0 Å². The molecule has 0 saturated carbocycles. The lowest BCUT2D eigenvalue weighted by atomic mass is 9.76. The van der Waals surface area contributed by atoms with Gasteiger partial charge in [-0.3, -0.25) is 0 Å². The molecule has 0 spiro atoms. The summed E-state index contributed by atoms with van der Waals surface area (Å²) in [6.07, 6.45) is 11.8. The lowest BCUT2D eigenvalue weighted by molar-refractivity contribution is 0.481. The second-order valence-electron chi connectivity index (χ2n) is 4.58. The molecule has 13 heavy (non-hydrogen) atoms. The van der Waals surface area contributed by atoms with Gasteiger partial charge in [0.25, 0.3) is 0 Å². The van der Waals surface area contributed by atoms with E-state index in [0.29, 0.717) is 0 Å². The first-order valence-electron chi connectivity index (χ1n) is 5.69. The predicted molar refractivity (Wildman–Crippen MR) is 57.6 cm³/mol. The molecule has 0 heteroatoms. The fourth-order valence-corrected chi connectivity index (χ4v) is 2.63. The Hall–Kier alpha value is -0.520. The highest BCUT2D eigenvalue weighted by Gasteiger charge is 2.22. The summed E-state index contributed by atoms with van der Waals surface area (Å²) in [6, 6.07) is 0. The van der Waals surface area contributed by atoms with Crippen molar-refractivity contribution in [3.8, 4) is 0 Å². The first-order chi connectivity index (χ1) is 6.29.